The lowest BCUT2D eigenvalue weighted by Crippen LogP contribution is -2.24. The van der Waals surface area contributed by atoms with Crippen molar-refractivity contribution in [1.82, 2.24) is 10.3 Å². The van der Waals surface area contributed by atoms with Crippen molar-refractivity contribution in [1.29, 1.82) is 0 Å². The molecule has 1 N–H and O–H groups in total. The Hall–Kier alpha value is -2.61. The van der Waals surface area contributed by atoms with Gasteiger partial charge in [0.25, 0.3) is 11.6 Å². The summed E-state index contributed by atoms with van der Waals surface area (Å²) in [6, 6.07) is 8.37. The van der Waals surface area contributed by atoms with Gasteiger partial charge >= 0.3 is 0 Å². The van der Waals surface area contributed by atoms with E-state index in [1.165, 1.54) is 17.8 Å². The second-order valence-electron chi connectivity index (χ2n) is 6.04. The van der Waals surface area contributed by atoms with E-state index >= 15 is 0 Å². The van der Waals surface area contributed by atoms with Crippen LogP contribution in [0.15, 0.2) is 41.4 Å². The summed E-state index contributed by atoms with van der Waals surface area (Å²) in [6.07, 6.45) is 5.92. The van der Waals surface area contributed by atoms with Gasteiger partial charge < -0.3 is 10.2 Å². The third-order valence-electron chi connectivity index (χ3n) is 4.34. The van der Waals surface area contributed by atoms with Crippen molar-refractivity contribution < 1.29 is 9.72 Å². The van der Waals surface area contributed by atoms with Crippen LogP contribution in [0.25, 0.3) is 0 Å². The molecule has 26 heavy (non-hydrogen) atoms. The van der Waals surface area contributed by atoms with Crippen molar-refractivity contribution in [3.63, 3.8) is 0 Å². The van der Waals surface area contributed by atoms with Crippen molar-refractivity contribution in [3.05, 3.63) is 57.8 Å². The van der Waals surface area contributed by atoms with E-state index in [0.717, 1.165) is 42.2 Å². The zero-order valence-electron chi connectivity index (χ0n) is 14.5. The molecule has 0 bridgehead atoms. The summed E-state index contributed by atoms with van der Waals surface area (Å²) < 4.78 is 0. The van der Waals surface area contributed by atoms with Crippen molar-refractivity contribution >= 4 is 29.2 Å². The minimum atomic E-state index is -0.531. The van der Waals surface area contributed by atoms with Crippen molar-refractivity contribution in [2.45, 2.75) is 24.3 Å². The first-order valence-corrected chi connectivity index (χ1v) is 9.61. The Kier molecular flexibility index (Phi) is 5.72. The molecular weight excluding hydrogens is 352 g/mol. The number of amides is 1. The molecule has 1 aliphatic heterocycles. The third kappa shape index (κ3) is 4.13. The lowest BCUT2D eigenvalue weighted by atomic mass is 10.1. The van der Waals surface area contributed by atoms with Crippen LogP contribution in [-0.2, 0) is 6.54 Å². The topological polar surface area (TPSA) is 88.4 Å². The van der Waals surface area contributed by atoms with Gasteiger partial charge in [-0.1, -0.05) is 0 Å². The molecule has 1 amide bonds. The van der Waals surface area contributed by atoms with Crippen LogP contribution in [-0.4, -0.2) is 35.2 Å². The van der Waals surface area contributed by atoms with Gasteiger partial charge in [-0.15, -0.1) is 11.8 Å². The van der Waals surface area contributed by atoms with Gasteiger partial charge in [-0.3, -0.25) is 14.9 Å². The summed E-state index contributed by atoms with van der Waals surface area (Å²) in [5.41, 5.74) is 0.808. The molecule has 0 atom stereocenters. The van der Waals surface area contributed by atoms with Crippen LogP contribution >= 0.6 is 11.8 Å². The number of nitro groups is 1. The first-order chi connectivity index (χ1) is 12.6. The van der Waals surface area contributed by atoms with Crippen molar-refractivity contribution in [2.24, 2.45) is 0 Å². The lowest BCUT2D eigenvalue weighted by Gasteiger charge is -2.17. The molecule has 0 radical (unpaired) electrons. The van der Waals surface area contributed by atoms with E-state index in [4.69, 9.17) is 0 Å². The maximum Gasteiger partial charge on any atom is 0.282 e. The Bertz CT molecular complexity index is 822. The Balaban J connectivity index is 1.73. The van der Waals surface area contributed by atoms with Crippen LogP contribution in [0.2, 0.25) is 0 Å². The zero-order valence-corrected chi connectivity index (χ0v) is 15.3. The number of aromatic nitrogens is 1. The monoisotopic (exact) mass is 372 g/mol. The van der Waals surface area contributed by atoms with Crippen LogP contribution < -0.4 is 10.2 Å². The summed E-state index contributed by atoms with van der Waals surface area (Å²) in [5, 5.41) is 14.0. The highest BCUT2D eigenvalue weighted by Crippen LogP contribution is 2.25. The first kappa shape index (κ1) is 18.2. The number of pyridine rings is 1. The predicted octanol–water partition coefficient (Wildman–Crippen LogP) is 3.24. The number of hydrogen-bond acceptors (Lipinski definition) is 6. The van der Waals surface area contributed by atoms with E-state index in [1.807, 2.05) is 18.4 Å². The van der Waals surface area contributed by atoms with Crippen molar-refractivity contribution in [3.8, 4) is 0 Å². The highest BCUT2D eigenvalue weighted by molar-refractivity contribution is 7.98. The number of thioether (sulfide) groups is 1. The summed E-state index contributed by atoms with van der Waals surface area (Å²) in [4.78, 5) is 30.6. The third-order valence-corrected chi connectivity index (χ3v) is 5.06. The summed E-state index contributed by atoms with van der Waals surface area (Å²) >= 11 is 1.43. The van der Waals surface area contributed by atoms with Gasteiger partial charge in [0.1, 0.15) is 11.4 Å². The average Bonchev–Trinajstić information content (AvgIpc) is 3.20. The molecule has 3 rings (SSSR count). The van der Waals surface area contributed by atoms with Crippen LogP contribution in [0.5, 0.6) is 0 Å². The fraction of sp³-hybridized carbons (Fsp3) is 0.333. The number of nitro benzene ring substituents is 1. The second kappa shape index (κ2) is 8.18. The van der Waals surface area contributed by atoms with E-state index in [0.29, 0.717) is 6.54 Å². The SMILES string of the molecule is CSc1ccc([N+](=O)[O-])c(C(=O)NCc2ccnc(N3CCCC3)c2)c1. The number of carbonyl (C=O) groups excluding carboxylic acids is 1. The maximum atomic E-state index is 12.5. The fourth-order valence-electron chi connectivity index (χ4n) is 2.95. The van der Waals surface area contributed by atoms with E-state index in [9.17, 15) is 14.9 Å². The van der Waals surface area contributed by atoms with Gasteiger partial charge in [0.15, 0.2) is 0 Å². The number of anilines is 1. The van der Waals surface area contributed by atoms with E-state index in [-0.39, 0.29) is 11.3 Å². The van der Waals surface area contributed by atoms with Crippen molar-refractivity contribution in [2.75, 3.05) is 24.2 Å². The molecule has 1 aliphatic rings. The zero-order chi connectivity index (χ0) is 18.5. The number of hydrogen-bond donors (Lipinski definition) is 1. The molecule has 1 aromatic heterocycles. The first-order valence-electron chi connectivity index (χ1n) is 8.39. The van der Waals surface area contributed by atoms with Gasteiger partial charge in [-0.2, -0.15) is 0 Å². The molecule has 1 saturated heterocycles. The fourth-order valence-corrected chi connectivity index (χ4v) is 3.39. The highest BCUT2D eigenvalue weighted by atomic mass is 32.2. The molecule has 0 spiro atoms. The Labute approximate surface area is 156 Å². The van der Waals surface area contributed by atoms with Gasteiger partial charge in [0.2, 0.25) is 0 Å². The molecule has 7 nitrogen and oxygen atoms in total. The van der Waals surface area contributed by atoms with Gasteiger partial charge in [-0.25, -0.2) is 4.98 Å². The summed E-state index contributed by atoms with van der Waals surface area (Å²) in [6.45, 7) is 2.29. The minimum Gasteiger partial charge on any atom is -0.357 e. The number of rotatable bonds is 6. The Morgan fingerprint density at radius 2 is 2.08 bits per heavy atom. The van der Waals surface area contributed by atoms with Crippen LogP contribution in [0, 0.1) is 10.1 Å². The van der Waals surface area contributed by atoms with Crippen LogP contribution in [0.4, 0.5) is 11.5 Å². The standard InChI is InChI=1S/C18H20N4O3S/c1-26-14-4-5-16(22(24)25)15(11-14)18(23)20-12-13-6-7-19-17(10-13)21-8-2-3-9-21/h4-7,10-11H,2-3,8-9,12H2,1H3,(H,20,23). The molecule has 1 aromatic carbocycles. The number of carbonyl (C=O) groups is 1. The Morgan fingerprint density at radius 1 is 1.31 bits per heavy atom. The minimum absolute atomic E-state index is 0.0793. The molecule has 0 unspecified atom stereocenters. The molecular formula is C18H20N4O3S. The van der Waals surface area contributed by atoms with E-state index < -0.39 is 10.8 Å². The molecule has 8 heteroatoms. The number of nitrogens with zero attached hydrogens (tertiary/aromatic N) is 3. The predicted molar refractivity (Wildman–Crippen MR) is 102 cm³/mol. The summed E-state index contributed by atoms with van der Waals surface area (Å²) in [7, 11) is 0. The Morgan fingerprint density at radius 3 is 2.77 bits per heavy atom. The highest BCUT2D eigenvalue weighted by Gasteiger charge is 2.20. The number of benzene rings is 1. The van der Waals surface area contributed by atoms with E-state index in [1.54, 1.807) is 18.3 Å². The molecule has 2 heterocycles. The van der Waals surface area contributed by atoms with Crippen LogP contribution in [0.1, 0.15) is 28.8 Å². The molecule has 2 aromatic rings. The van der Waals surface area contributed by atoms with Gasteiger partial charge in [0.05, 0.1) is 4.92 Å². The average molecular weight is 372 g/mol. The van der Waals surface area contributed by atoms with E-state index in [2.05, 4.69) is 15.2 Å². The second-order valence-corrected chi connectivity index (χ2v) is 6.92. The number of nitrogens with one attached hydrogen (secondary N) is 1. The maximum absolute atomic E-state index is 12.5. The summed E-state index contributed by atoms with van der Waals surface area (Å²) in [5.74, 6) is 0.455. The smallest absolute Gasteiger partial charge is 0.282 e. The quantitative estimate of drug-likeness (QED) is 0.476. The molecule has 0 aliphatic carbocycles. The molecule has 136 valence electrons. The normalized spacial score (nSPS) is 13.7. The van der Waals surface area contributed by atoms with Gasteiger partial charge in [-0.05, 0) is 48.9 Å². The molecule has 0 saturated carbocycles. The molecule has 1 fully saturated rings. The lowest BCUT2D eigenvalue weighted by molar-refractivity contribution is -0.385. The van der Waals surface area contributed by atoms with Gasteiger partial charge in [0, 0.05) is 36.8 Å². The van der Waals surface area contributed by atoms with Crippen LogP contribution in [0.3, 0.4) is 0 Å². The largest absolute Gasteiger partial charge is 0.357 e.